The van der Waals surface area contributed by atoms with Gasteiger partial charge >= 0.3 is 11.9 Å². The van der Waals surface area contributed by atoms with E-state index in [0.717, 1.165) is 37.0 Å². The highest BCUT2D eigenvalue weighted by atomic mass is 16.6. The van der Waals surface area contributed by atoms with Crippen LogP contribution in [-0.4, -0.2) is 24.6 Å². The van der Waals surface area contributed by atoms with Crippen LogP contribution in [0.15, 0.2) is 24.8 Å². The Morgan fingerprint density at radius 2 is 1.55 bits per heavy atom. The first-order valence-electron chi connectivity index (χ1n) is 7.96. The first-order chi connectivity index (χ1) is 10.4. The van der Waals surface area contributed by atoms with Gasteiger partial charge in [0.1, 0.15) is 5.60 Å². The Bertz CT molecular complexity index is 442. The Labute approximate surface area is 132 Å². The van der Waals surface area contributed by atoms with Gasteiger partial charge < -0.3 is 9.47 Å². The van der Waals surface area contributed by atoms with Gasteiger partial charge in [-0.1, -0.05) is 13.2 Å². The molecule has 0 saturated heterocycles. The zero-order valence-corrected chi connectivity index (χ0v) is 13.6. The van der Waals surface area contributed by atoms with Crippen molar-refractivity contribution in [3.8, 4) is 0 Å². The van der Waals surface area contributed by atoms with Gasteiger partial charge in [0.25, 0.3) is 0 Å². The second kappa shape index (κ2) is 6.67. The summed E-state index contributed by atoms with van der Waals surface area (Å²) in [7, 11) is 1.33. The maximum absolute atomic E-state index is 11.4. The fourth-order valence-electron chi connectivity index (χ4n) is 4.59. The molecule has 4 rings (SSSR count). The average Bonchev–Trinajstić information content (AvgIpc) is 2.44. The van der Waals surface area contributed by atoms with Crippen LogP contribution in [0.1, 0.15) is 45.4 Å². The summed E-state index contributed by atoms with van der Waals surface area (Å²) in [4.78, 5) is 21.5. The minimum atomic E-state index is -0.347. The summed E-state index contributed by atoms with van der Waals surface area (Å²) in [5.74, 6) is 1.91. The van der Waals surface area contributed by atoms with Crippen molar-refractivity contribution in [1.29, 1.82) is 0 Å². The highest BCUT2D eigenvalue weighted by molar-refractivity contribution is 5.86. The van der Waals surface area contributed by atoms with Gasteiger partial charge in [0, 0.05) is 11.6 Å². The van der Waals surface area contributed by atoms with Crippen molar-refractivity contribution in [3.63, 3.8) is 0 Å². The van der Waals surface area contributed by atoms with E-state index < -0.39 is 0 Å². The number of hydrogen-bond acceptors (Lipinski definition) is 4. The Morgan fingerprint density at radius 1 is 1.09 bits per heavy atom. The Hall–Kier alpha value is -1.58. The average molecular weight is 306 g/mol. The Morgan fingerprint density at radius 3 is 1.82 bits per heavy atom. The zero-order valence-electron chi connectivity index (χ0n) is 13.6. The van der Waals surface area contributed by atoms with Gasteiger partial charge in [-0.05, 0) is 63.2 Å². The number of rotatable bonds is 3. The summed E-state index contributed by atoms with van der Waals surface area (Å²) < 4.78 is 9.92. The zero-order chi connectivity index (χ0) is 16.3. The fourth-order valence-corrected chi connectivity index (χ4v) is 4.59. The van der Waals surface area contributed by atoms with E-state index in [0.29, 0.717) is 5.57 Å². The van der Waals surface area contributed by atoms with E-state index >= 15 is 0 Å². The summed E-state index contributed by atoms with van der Waals surface area (Å²) in [6.45, 7) is 8.44. The molecule has 0 radical (unpaired) electrons. The molecule has 0 amide bonds. The van der Waals surface area contributed by atoms with Crippen molar-refractivity contribution in [3.05, 3.63) is 24.8 Å². The van der Waals surface area contributed by atoms with Crippen LogP contribution < -0.4 is 0 Å². The number of esters is 2. The Kier molecular flexibility index (Phi) is 5.09. The molecule has 0 heterocycles. The van der Waals surface area contributed by atoms with E-state index in [1.807, 2.05) is 0 Å². The second-order valence-electron chi connectivity index (χ2n) is 7.00. The van der Waals surface area contributed by atoms with Crippen molar-refractivity contribution in [2.75, 3.05) is 7.11 Å². The Balaban J connectivity index is 0.000000217. The normalized spacial score (nSPS) is 34.2. The lowest BCUT2D eigenvalue weighted by Gasteiger charge is -2.55. The van der Waals surface area contributed by atoms with Crippen molar-refractivity contribution < 1.29 is 19.1 Å². The molecule has 0 spiro atoms. The van der Waals surface area contributed by atoms with Gasteiger partial charge in [-0.2, -0.15) is 0 Å². The molecular formula is C18H26O4. The molecule has 0 aromatic carbocycles. The molecule has 0 aromatic heterocycles. The third kappa shape index (κ3) is 3.79. The van der Waals surface area contributed by atoms with Crippen LogP contribution in [0.4, 0.5) is 0 Å². The van der Waals surface area contributed by atoms with E-state index in [9.17, 15) is 9.59 Å². The number of carbonyl (C=O) groups excluding carboxylic acids is 2. The quantitative estimate of drug-likeness (QED) is 0.592. The fraction of sp³-hybridized carbons (Fsp3) is 0.667. The van der Waals surface area contributed by atoms with Crippen molar-refractivity contribution in [2.24, 2.45) is 17.8 Å². The molecule has 4 fully saturated rings. The molecular weight excluding hydrogens is 280 g/mol. The maximum Gasteiger partial charge on any atom is 0.332 e. The molecule has 0 aromatic rings. The third-order valence-corrected chi connectivity index (χ3v) is 5.00. The van der Waals surface area contributed by atoms with Crippen LogP contribution in [0, 0.1) is 17.8 Å². The van der Waals surface area contributed by atoms with Gasteiger partial charge in [-0.25, -0.2) is 9.59 Å². The van der Waals surface area contributed by atoms with Crippen molar-refractivity contribution in [1.82, 2.24) is 0 Å². The second-order valence-corrected chi connectivity index (χ2v) is 7.00. The summed E-state index contributed by atoms with van der Waals surface area (Å²) >= 11 is 0. The molecule has 0 aliphatic heterocycles. The highest BCUT2D eigenvalue weighted by Crippen LogP contribution is 2.57. The van der Waals surface area contributed by atoms with E-state index in [4.69, 9.17) is 4.74 Å². The first-order valence-corrected chi connectivity index (χ1v) is 7.96. The van der Waals surface area contributed by atoms with E-state index in [1.165, 1.54) is 32.4 Å². The standard InChI is InChI=1S/C13H18O2.C5H8O2/c1-2-12(14)15-13-6-9-3-10(7-13)5-11(4-9)8-13;1-4(2)5(6)7-3/h2,9-11H,1,3-8H2;1H2,2-3H3. The van der Waals surface area contributed by atoms with Gasteiger partial charge in [0.15, 0.2) is 0 Å². The minimum absolute atomic E-state index is 0.0972. The van der Waals surface area contributed by atoms with Gasteiger partial charge in [0.05, 0.1) is 7.11 Å². The van der Waals surface area contributed by atoms with Crippen LogP contribution in [0.3, 0.4) is 0 Å². The van der Waals surface area contributed by atoms with Crippen molar-refractivity contribution >= 4 is 11.9 Å². The van der Waals surface area contributed by atoms with Crippen LogP contribution >= 0.6 is 0 Å². The molecule has 0 N–H and O–H groups in total. The van der Waals surface area contributed by atoms with E-state index in [-0.39, 0.29) is 17.5 Å². The predicted octanol–water partition coefficient (Wildman–Crippen LogP) is 3.42. The molecule has 4 aliphatic rings. The molecule has 0 unspecified atom stereocenters. The van der Waals surface area contributed by atoms with Gasteiger partial charge in [-0.3, -0.25) is 0 Å². The minimum Gasteiger partial charge on any atom is -0.466 e. The van der Waals surface area contributed by atoms with E-state index in [1.54, 1.807) is 6.92 Å². The lowest BCUT2D eigenvalue weighted by atomic mass is 9.54. The third-order valence-electron chi connectivity index (χ3n) is 5.00. The van der Waals surface area contributed by atoms with Gasteiger partial charge in [-0.15, -0.1) is 0 Å². The molecule has 4 nitrogen and oxygen atoms in total. The molecule has 22 heavy (non-hydrogen) atoms. The summed E-state index contributed by atoms with van der Waals surface area (Å²) in [5, 5.41) is 0. The lowest BCUT2D eigenvalue weighted by Crippen LogP contribution is -2.52. The number of hydrogen-bond donors (Lipinski definition) is 0. The summed E-state index contributed by atoms with van der Waals surface area (Å²) in [6.07, 6.45) is 8.77. The van der Waals surface area contributed by atoms with Crippen LogP contribution in [0.2, 0.25) is 0 Å². The molecule has 122 valence electrons. The molecule has 4 heteroatoms. The van der Waals surface area contributed by atoms with E-state index in [2.05, 4.69) is 17.9 Å². The number of ether oxygens (including phenoxy) is 2. The maximum atomic E-state index is 11.4. The monoisotopic (exact) mass is 306 g/mol. The van der Waals surface area contributed by atoms with Crippen LogP contribution in [-0.2, 0) is 19.1 Å². The summed E-state index contributed by atoms with van der Waals surface area (Å²) in [5.41, 5.74) is 0.336. The number of methoxy groups -OCH3 is 1. The summed E-state index contributed by atoms with van der Waals surface area (Å²) in [6, 6.07) is 0. The van der Waals surface area contributed by atoms with Crippen LogP contribution in [0.5, 0.6) is 0 Å². The predicted molar refractivity (Wildman–Crippen MR) is 84.0 cm³/mol. The van der Waals surface area contributed by atoms with Crippen molar-refractivity contribution in [2.45, 2.75) is 51.0 Å². The molecule has 4 aliphatic carbocycles. The lowest BCUT2D eigenvalue weighted by molar-refractivity contribution is -0.181. The van der Waals surface area contributed by atoms with Gasteiger partial charge in [0.2, 0.25) is 0 Å². The smallest absolute Gasteiger partial charge is 0.332 e. The topological polar surface area (TPSA) is 52.6 Å². The molecule has 0 atom stereocenters. The SMILES string of the molecule is C=C(C)C(=O)OC.C=CC(=O)OC12CC3CC(CC(C3)C1)C2. The highest BCUT2D eigenvalue weighted by Gasteiger charge is 2.52. The van der Waals surface area contributed by atoms with Crippen LogP contribution in [0.25, 0.3) is 0 Å². The first kappa shape index (κ1) is 16.8. The molecule has 4 saturated carbocycles. The number of carbonyl (C=O) groups is 2. The molecule has 4 bridgehead atoms. The largest absolute Gasteiger partial charge is 0.466 e.